The first-order valence-corrected chi connectivity index (χ1v) is 9.04. The minimum atomic E-state index is -0.256. The summed E-state index contributed by atoms with van der Waals surface area (Å²) in [5.74, 6) is 0.597. The van der Waals surface area contributed by atoms with Gasteiger partial charge < -0.3 is 15.8 Å². The molecule has 1 saturated carbocycles. The third-order valence-corrected chi connectivity index (χ3v) is 4.90. The molecule has 1 aliphatic rings. The molecule has 0 aromatic heterocycles. The van der Waals surface area contributed by atoms with Crippen molar-refractivity contribution in [3.8, 4) is 5.75 Å². The number of rotatable bonds is 6. The van der Waals surface area contributed by atoms with E-state index in [1.807, 2.05) is 31.2 Å². The Labute approximate surface area is 165 Å². The van der Waals surface area contributed by atoms with Gasteiger partial charge in [0.25, 0.3) is 0 Å². The Kier molecular flexibility index (Phi) is 7.63. The smallest absolute Gasteiger partial charge is 0.223 e. The largest absolute Gasteiger partial charge is 0.489 e. The van der Waals surface area contributed by atoms with E-state index in [1.54, 1.807) is 12.1 Å². The van der Waals surface area contributed by atoms with Crippen molar-refractivity contribution in [1.29, 1.82) is 0 Å². The summed E-state index contributed by atoms with van der Waals surface area (Å²) in [5.41, 5.74) is 7.82. The van der Waals surface area contributed by atoms with Crippen LogP contribution in [0.4, 0.5) is 4.39 Å². The minimum absolute atomic E-state index is 0. The fourth-order valence-corrected chi connectivity index (χ4v) is 3.27. The highest BCUT2D eigenvalue weighted by Gasteiger charge is 2.28. The molecule has 0 saturated heterocycles. The first-order valence-electron chi connectivity index (χ1n) is 9.04. The van der Waals surface area contributed by atoms with Gasteiger partial charge in [-0.25, -0.2) is 4.39 Å². The molecule has 2 aromatic carbocycles. The van der Waals surface area contributed by atoms with Crippen molar-refractivity contribution in [2.45, 2.75) is 44.9 Å². The van der Waals surface area contributed by atoms with Crippen molar-refractivity contribution in [1.82, 2.24) is 5.32 Å². The van der Waals surface area contributed by atoms with Gasteiger partial charge in [0.05, 0.1) is 6.04 Å². The molecule has 0 heterocycles. The standard InChI is InChI=1S/C21H25FN2O2.ClH/c1-14(24-21(25)17-4-9-19(23)12-17)16-5-10-20(11-6-16)26-13-15-2-7-18(22)8-3-15;/h2-3,5-8,10-11,14,17,19H,4,9,12-13,23H2,1H3,(H,24,25);1H. The second kappa shape index (κ2) is 9.72. The second-order valence-corrected chi connectivity index (χ2v) is 6.98. The molecule has 3 unspecified atom stereocenters. The lowest BCUT2D eigenvalue weighted by atomic mass is 10.0. The molecule has 0 radical (unpaired) electrons. The number of hydrogen-bond donors (Lipinski definition) is 2. The van der Waals surface area contributed by atoms with E-state index in [0.717, 1.165) is 36.1 Å². The van der Waals surface area contributed by atoms with E-state index in [4.69, 9.17) is 10.5 Å². The minimum Gasteiger partial charge on any atom is -0.489 e. The zero-order valence-electron chi connectivity index (χ0n) is 15.4. The fraction of sp³-hybridized carbons (Fsp3) is 0.381. The van der Waals surface area contributed by atoms with E-state index in [1.165, 1.54) is 12.1 Å². The van der Waals surface area contributed by atoms with Crippen molar-refractivity contribution in [2.24, 2.45) is 11.7 Å². The molecule has 3 N–H and O–H groups in total. The molecule has 27 heavy (non-hydrogen) atoms. The van der Waals surface area contributed by atoms with E-state index >= 15 is 0 Å². The van der Waals surface area contributed by atoms with Crippen LogP contribution in [0.1, 0.15) is 43.4 Å². The highest BCUT2D eigenvalue weighted by atomic mass is 35.5. The van der Waals surface area contributed by atoms with Gasteiger partial charge in [-0.3, -0.25) is 4.79 Å². The molecule has 2 aromatic rings. The van der Waals surface area contributed by atoms with Gasteiger partial charge in [-0.05, 0) is 61.6 Å². The number of halogens is 2. The van der Waals surface area contributed by atoms with E-state index < -0.39 is 0 Å². The highest BCUT2D eigenvalue weighted by Crippen LogP contribution is 2.25. The van der Waals surface area contributed by atoms with Crippen LogP contribution < -0.4 is 15.8 Å². The number of nitrogens with one attached hydrogen (secondary N) is 1. The molecule has 0 aliphatic heterocycles. The zero-order chi connectivity index (χ0) is 18.5. The van der Waals surface area contributed by atoms with E-state index in [2.05, 4.69) is 5.32 Å². The third-order valence-electron chi connectivity index (χ3n) is 4.90. The van der Waals surface area contributed by atoms with Gasteiger partial charge in [0, 0.05) is 12.0 Å². The molecule has 0 spiro atoms. The number of hydrogen-bond acceptors (Lipinski definition) is 3. The van der Waals surface area contributed by atoms with E-state index in [9.17, 15) is 9.18 Å². The maximum Gasteiger partial charge on any atom is 0.223 e. The molecule has 1 fully saturated rings. The molecule has 1 aliphatic carbocycles. The van der Waals surface area contributed by atoms with Crippen LogP contribution >= 0.6 is 12.4 Å². The maximum absolute atomic E-state index is 12.9. The lowest BCUT2D eigenvalue weighted by Gasteiger charge is -2.18. The van der Waals surface area contributed by atoms with Crippen molar-refractivity contribution < 1.29 is 13.9 Å². The third kappa shape index (κ3) is 5.94. The van der Waals surface area contributed by atoms with Crippen LogP contribution in [0.2, 0.25) is 0 Å². The normalized spacial score (nSPS) is 19.8. The Morgan fingerprint density at radius 1 is 1.19 bits per heavy atom. The summed E-state index contributed by atoms with van der Waals surface area (Å²) in [4.78, 5) is 12.3. The lowest BCUT2D eigenvalue weighted by molar-refractivity contribution is -0.125. The van der Waals surface area contributed by atoms with Crippen molar-refractivity contribution in [3.05, 3.63) is 65.5 Å². The summed E-state index contributed by atoms with van der Waals surface area (Å²) in [6.07, 6.45) is 2.57. The molecule has 3 rings (SSSR count). The molecular weight excluding hydrogens is 367 g/mol. The molecule has 6 heteroatoms. The van der Waals surface area contributed by atoms with Crippen LogP contribution in [-0.2, 0) is 11.4 Å². The number of benzene rings is 2. The lowest BCUT2D eigenvalue weighted by Crippen LogP contribution is -2.32. The van der Waals surface area contributed by atoms with Gasteiger partial charge >= 0.3 is 0 Å². The number of carbonyl (C=O) groups is 1. The topological polar surface area (TPSA) is 64.4 Å². The van der Waals surface area contributed by atoms with Crippen molar-refractivity contribution in [2.75, 3.05) is 0 Å². The molecule has 4 nitrogen and oxygen atoms in total. The second-order valence-electron chi connectivity index (χ2n) is 6.98. The zero-order valence-corrected chi connectivity index (χ0v) is 16.2. The maximum atomic E-state index is 12.9. The molecule has 146 valence electrons. The van der Waals surface area contributed by atoms with Crippen LogP contribution in [-0.4, -0.2) is 11.9 Å². The molecule has 3 atom stereocenters. The van der Waals surface area contributed by atoms with Gasteiger partial charge in [0.2, 0.25) is 5.91 Å². The Hall–Kier alpha value is -2.11. The fourth-order valence-electron chi connectivity index (χ4n) is 3.27. The Balaban J connectivity index is 0.00000261. The number of ether oxygens (including phenoxy) is 1. The number of carbonyl (C=O) groups excluding carboxylic acids is 1. The summed E-state index contributed by atoms with van der Waals surface area (Å²) in [7, 11) is 0. The summed E-state index contributed by atoms with van der Waals surface area (Å²) in [6.45, 7) is 2.36. The van der Waals surface area contributed by atoms with Crippen LogP contribution in [0.25, 0.3) is 0 Å². The monoisotopic (exact) mass is 392 g/mol. The van der Waals surface area contributed by atoms with Gasteiger partial charge in [-0.15, -0.1) is 12.4 Å². The van der Waals surface area contributed by atoms with Crippen LogP contribution in [0.15, 0.2) is 48.5 Å². The van der Waals surface area contributed by atoms with Crippen LogP contribution in [0, 0.1) is 11.7 Å². The number of amides is 1. The molecule has 0 bridgehead atoms. The Morgan fingerprint density at radius 3 is 2.44 bits per heavy atom. The van der Waals surface area contributed by atoms with Gasteiger partial charge in [0.15, 0.2) is 0 Å². The predicted octanol–water partition coefficient (Wildman–Crippen LogP) is 4.13. The van der Waals surface area contributed by atoms with Crippen molar-refractivity contribution >= 4 is 18.3 Å². The SMILES string of the molecule is CC(NC(=O)C1CCC(N)C1)c1ccc(OCc2ccc(F)cc2)cc1.Cl. The summed E-state index contributed by atoms with van der Waals surface area (Å²) in [6, 6.07) is 14.0. The van der Waals surface area contributed by atoms with Gasteiger partial charge in [-0.1, -0.05) is 24.3 Å². The molecule has 1 amide bonds. The van der Waals surface area contributed by atoms with Crippen LogP contribution in [0.5, 0.6) is 5.75 Å². The Bertz CT molecular complexity index is 737. The summed E-state index contributed by atoms with van der Waals surface area (Å²) < 4.78 is 18.6. The van der Waals surface area contributed by atoms with Gasteiger partial charge in [0.1, 0.15) is 18.2 Å². The average Bonchev–Trinajstić information content (AvgIpc) is 3.08. The predicted molar refractivity (Wildman–Crippen MR) is 106 cm³/mol. The van der Waals surface area contributed by atoms with Crippen LogP contribution in [0.3, 0.4) is 0 Å². The summed E-state index contributed by atoms with van der Waals surface area (Å²) >= 11 is 0. The number of nitrogens with two attached hydrogens (primary N) is 1. The first kappa shape index (κ1) is 21.2. The molecular formula is C21H26ClFN2O2. The van der Waals surface area contributed by atoms with E-state index in [0.29, 0.717) is 6.61 Å². The summed E-state index contributed by atoms with van der Waals surface area (Å²) in [5, 5.41) is 3.07. The Morgan fingerprint density at radius 2 is 1.85 bits per heavy atom. The van der Waals surface area contributed by atoms with E-state index in [-0.39, 0.29) is 42.1 Å². The first-order chi connectivity index (χ1) is 12.5. The van der Waals surface area contributed by atoms with Crippen molar-refractivity contribution in [3.63, 3.8) is 0 Å². The quantitative estimate of drug-likeness (QED) is 0.776. The van der Waals surface area contributed by atoms with Gasteiger partial charge in [-0.2, -0.15) is 0 Å². The average molecular weight is 393 g/mol. The highest BCUT2D eigenvalue weighted by molar-refractivity contribution is 5.85.